The molecule has 7 rings (SSSR count). The second-order valence-electron chi connectivity index (χ2n) is 15.3. The van der Waals surface area contributed by atoms with Crippen LogP contribution >= 0.6 is 0 Å². The fraction of sp³-hybridized carbons (Fsp3) is 0.380. The molecule has 0 aromatic heterocycles. The van der Waals surface area contributed by atoms with Gasteiger partial charge in [-0.3, -0.25) is 4.79 Å². The number of hydrogen-bond donors (Lipinski definition) is 1. The van der Waals surface area contributed by atoms with E-state index in [1.165, 1.54) is 6.92 Å². The molecule has 10 atom stereocenters. The van der Waals surface area contributed by atoms with E-state index in [4.69, 9.17) is 47.4 Å². The standard InChI is InChI=1S/C50H56O12/c1-35(51)59-48-45(56-30-38-22-12-5-13-23-38)43(52)41(33-54-28-36-18-8-3-9-19-36)60-50(48)62-44-42(34-55-29-37-20-10-4-11-21-37)61-49(53-2)47(58-32-40-26-16-7-17-27-40)46(44)57-31-39-24-14-6-15-25-39/h3-27,41-50,52H,28-34H2,1-2H3/t41?,42?,43-,44+,45?,46?,47?,48?,49+,50-/m1/s1. The Bertz CT molecular complexity index is 2010. The van der Waals surface area contributed by atoms with Gasteiger partial charge in [0.15, 0.2) is 18.7 Å². The first-order valence-corrected chi connectivity index (χ1v) is 21.0. The summed E-state index contributed by atoms with van der Waals surface area (Å²) in [6, 6.07) is 48.6. The molecule has 12 heteroatoms. The van der Waals surface area contributed by atoms with E-state index in [1.807, 2.05) is 152 Å². The average Bonchev–Trinajstić information content (AvgIpc) is 3.31. The van der Waals surface area contributed by atoms with Crippen LogP contribution in [0.1, 0.15) is 34.7 Å². The number of carbonyl (C=O) groups is 1. The molecular weight excluding hydrogens is 793 g/mol. The van der Waals surface area contributed by atoms with Gasteiger partial charge in [0.2, 0.25) is 0 Å². The molecule has 0 spiro atoms. The zero-order valence-corrected chi connectivity index (χ0v) is 35.1. The zero-order valence-electron chi connectivity index (χ0n) is 35.1. The van der Waals surface area contributed by atoms with E-state index in [9.17, 15) is 9.90 Å². The molecule has 2 fully saturated rings. The summed E-state index contributed by atoms with van der Waals surface area (Å²) in [5.74, 6) is -0.616. The third kappa shape index (κ3) is 12.9. The molecule has 0 bridgehead atoms. The second-order valence-corrected chi connectivity index (χ2v) is 15.3. The van der Waals surface area contributed by atoms with Crippen molar-refractivity contribution in [2.75, 3.05) is 20.3 Å². The fourth-order valence-corrected chi connectivity index (χ4v) is 7.57. The molecular formula is C50H56O12. The van der Waals surface area contributed by atoms with Gasteiger partial charge in [0.05, 0.1) is 46.2 Å². The van der Waals surface area contributed by atoms with Crippen LogP contribution in [0.5, 0.6) is 0 Å². The maximum atomic E-state index is 12.9. The normalized spacial score (nSPS) is 26.2. The third-order valence-electron chi connectivity index (χ3n) is 10.7. The number of esters is 1. The monoisotopic (exact) mass is 848 g/mol. The molecule has 2 aliphatic rings. The lowest BCUT2D eigenvalue weighted by Crippen LogP contribution is -2.66. The van der Waals surface area contributed by atoms with Crippen molar-refractivity contribution < 1.29 is 57.3 Å². The van der Waals surface area contributed by atoms with Crippen LogP contribution in [0, 0.1) is 0 Å². The van der Waals surface area contributed by atoms with Crippen LogP contribution in [0.3, 0.4) is 0 Å². The maximum Gasteiger partial charge on any atom is 0.303 e. The van der Waals surface area contributed by atoms with Gasteiger partial charge in [-0.25, -0.2) is 0 Å². The molecule has 328 valence electrons. The largest absolute Gasteiger partial charge is 0.454 e. The first-order chi connectivity index (χ1) is 30.4. The minimum atomic E-state index is -1.31. The lowest BCUT2D eigenvalue weighted by atomic mass is 9.96. The summed E-state index contributed by atoms with van der Waals surface area (Å²) in [6.45, 7) is 2.42. The third-order valence-corrected chi connectivity index (χ3v) is 10.7. The lowest BCUT2D eigenvalue weighted by Gasteiger charge is -2.49. The lowest BCUT2D eigenvalue weighted by molar-refractivity contribution is -0.370. The van der Waals surface area contributed by atoms with E-state index >= 15 is 0 Å². The van der Waals surface area contributed by atoms with Crippen molar-refractivity contribution >= 4 is 5.97 Å². The number of carbonyl (C=O) groups excluding carboxylic acids is 1. The molecule has 0 saturated carbocycles. The molecule has 62 heavy (non-hydrogen) atoms. The predicted molar refractivity (Wildman–Crippen MR) is 228 cm³/mol. The number of benzene rings is 5. The van der Waals surface area contributed by atoms with Gasteiger partial charge in [0, 0.05) is 14.0 Å². The molecule has 0 radical (unpaired) electrons. The van der Waals surface area contributed by atoms with Gasteiger partial charge in [0.25, 0.3) is 0 Å². The van der Waals surface area contributed by atoms with E-state index in [2.05, 4.69) is 0 Å². The molecule has 12 nitrogen and oxygen atoms in total. The Labute approximate surface area is 363 Å². The van der Waals surface area contributed by atoms with Gasteiger partial charge in [-0.15, -0.1) is 0 Å². The highest BCUT2D eigenvalue weighted by Gasteiger charge is 2.54. The van der Waals surface area contributed by atoms with E-state index < -0.39 is 67.4 Å². The minimum absolute atomic E-state index is 0.0266. The quantitative estimate of drug-likeness (QED) is 0.0768. The Balaban J connectivity index is 1.23. The minimum Gasteiger partial charge on any atom is -0.454 e. The van der Waals surface area contributed by atoms with E-state index in [0.717, 1.165) is 27.8 Å². The van der Waals surface area contributed by atoms with Gasteiger partial charge in [-0.1, -0.05) is 152 Å². The van der Waals surface area contributed by atoms with Crippen LogP contribution < -0.4 is 0 Å². The van der Waals surface area contributed by atoms with Crippen LogP contribution in [-0.4, -0.2) is 92.8 Å². The summed E-state index contributed by atoms with van der Waals surface area (Å²) >= 11 is 0. The number of aliphatic hydroxyl groups is 1. The van der Waals surface area contributed by atoms with Gasteiger partial charge in [0.1, 0.15) is 42.7 Å². The Hall–Kier alpha value is -4.83. The van der Waals surface area contributed by atoms with Crippen LogP contribution in [0.2, 0.25) is 0 Å². The maximum absolute atomic E-state index is 12.9. The molecule has 5 aromatic rings. The summed E-state index contributed by atoms with van der Waals surface area (Å²) < 4.78 is 64.6. The molecule has 6 unspecified atom stereocenters. The van der Waals surface area contributed by atoms with Crippen molar-refractivity contribution in [3.8, 4) is 0 Å². The highest BCUT2D eigenvalue weighted by Crippen LogP contribution is 2.35. The second kappa shape index (κ2) is 23.6. The summed E-state index contributed by atoms with van der Waals surface area (Å²) in [4.78, 5) is 12.9. The molecule has 0 aliphatic carbocycles. The predicted octanol–water partition coefficient (Wildman–Crippen LogP) is 6.95. The average molecular weight is 849 g/mol. The van der Waals surface area contributed by atoms with Crippen molar-refractivity contribution in [3.05, 3.63) is 179 Å². The molecule has 2 heterocycles. The van der Waals surface area contributed by atoms with E-state index in [1.54, 1.807) is 7.11 Å². The number of aliphatic hydroxyl groups excluding tert-OH is 1. The molecule has 5 aromatic carbocycles. The summed E-state index contributed by atoms with van der Waals surface area (Å²) in [7, 11) is 1.55. The first-order valence-electron chi connectivity index (χ1n) is 21.0. The number of hydrogen-bond acceptors (Lipinski definition) is 12. The van der Waals surface area contributed by atoms with Gasteiger partial charge >= 0.3 is 5.97 Å². The fourth-order valence-electron chi connectivity index (χ4n) is 7.57. The van der Waals surface area contributed by atoms with Crippen LogP contribution in [0.25, 0.3) is 0 Å². The molecule has 2 saturated heterocycles. The van der Waals surface area contributed by atoms with Crippen molar-refractivity contribution in [1.29, 1.82) is 0 Å². The Morgan fingerprint density at radius 1 is 0.484 bits per heavy atom. The molecule has 0 amide bonds. The van der Waals surface area contributed by atoms with Crippen molar-refractivity contribution in [2.45, 2.75) is 101 Å². The Morgan fingerprint density at radius 2 is 0.871 bits per heavy atom. The highest BCUT2D eigenvalue weighted by atomic mass is 16.8. The van der Waals surface area contributed by atoms with Gasteiger partial charge < -0.3 is 52.5 Å². The summed E-state index contributed by atoms with van der Waals surface area (Å²) in [5, 5.41) is 12.0. The van der Waals surface area contributed by atoms with E-state index in [-0.39, 0.29) is 39.6 Å². The van der Waals surface area contributed by atoms with E-state index in [0.29, 0.717) is 6.61 Å². The number of methoxy groups -OCH3 is 1. The van der Waals surface area contributed by atoms with Crippen LogP contribution in [0.4, 0.5) is 0 Å². The summed E-state index contributed by atoms with van der Waals surface area (Å²) in [5.41, 5.74) is 4.64. The van der Waals surface area contributed by atoms with Crippen molar-refractivity contribution in [3.63, 3.8) is 0 Å². The number of rotatable bonds is 21. The van der Waals surface area contributed by atoms with Crippen molar-refractivity contribution in [1.82, 2.24) is 0 Å². The SMILES string of the molecule is CO[C@H]1OC(COCc2ccccc2)[C@H](O[C@H]2OC(COCc3ccccc3)[C@@H](O)C(OCc3ccccc3)C2OC(C)=O)C(OCc2ccccc2)C1OCc1ccccc1. The van der Waals surface area contributed by atoms with Crippen LogP contribution in [0.15, 0.2) is 152 Å². The molecule has 2 aliphatic heterocycles. The Kier molecular flexibility index (Phi) is 17.2. The first kappa shape index (κ1) is 45.2. The zero-order chi connectivity index (χ0) is 42.9. The summed E-state index contributed by atoms with van der Waals surface area (Å²) in [6.07, 6.45) is -10.2. The van der Waals surface area contributed by atoms with Gasteiger partial charge in [-0.05, 0) is 27.8 Å². The smallest absolute Gasteiger partial charge is 0.303 e. The van der Waals surface area contributed by atoms with Crippen LogP contribution in [-0.2, 0) is 85.2 Å². The number of ether oxygens (including phenoxy) is 10. The van der Waals surface area contributed by atoms with Crippen molar-refractivity contribution in [2.24, 2.45) is 0 Å². The Morgan fingerprint density at radius 3 is 1.31 bits per heavy atom. The molecule has 1 N–H and O–H groups in total. The van der Waals surface area contributed by atoms with Gasteiger partial charge in [-0.2, -0.15) is 0 Å². The topological polar surface area (TPSA) is 130 Å². The highest BCUT2D eigenvalue weighted by molar-refractivity contribution is 5.66.